The SMILES string of the molecule is NC(=O)C1CCC(CNc2nc(NCc3ccccc3)cc(-c3ccc4[nH]ccc4c3)n2)CC1. The smallest absolute Gasteiger partial charge is 0.225 e. The molecule has 2 heterocycles. The van der Waals surface area contributed by atoms with E-state index in [-0.39, 0.29) is 11.8 Å². The Balaban J connectivity index is 1.35. The van der Waals surface area contributed by atoms with E-state index in [1.165, 1.54) is 5.56 Å². The minimum absolute atomic E-state index is 0.0213. The Morgan fingerprint density at radius 2 is 1.79 bits per heavy atom. The van der Waals surface area contributed by atoms with E-state index >= 15 is 0 Å². The first kappa shape index (κ1) is 21.9. The Kier molecular flexibility index (Phi) is 6.42. The molecule has 34 heavy (non-hydrogen) atoms. The van der Waals surface area contributed by atoms with Gasteiger partial charge in [-0.3, -0.25) is 4.79 Å². The molecule has 0 unspecified atom stereocenters. The van der Waals surface area contributed by atoms with Crippen molar-refractivity contribution in [1.82, 2.24) is 15.0 Å². The first-order chi connectivity index (χ1) is 16.6. The number of carbonyl (C=O) groups excluding carboxylic acids is 1. The lowest BCUT2D eigenvalue weighted by atomic mass is 9.82. The van der Waals surface area contributed by atoms with Crippen LogP contribution in [-0.4, -0.2) is 27.4 Å². The van der Waals surface area contributed by atoms with Crippen LogP contribution in [0.4, 0.5) is 11.8 Å². The molecule has 0 spiro atoms. The monoisotopic (exact) mass is 454 g/mol. The Morgan fingerprint density at radius 1 is 0.971 bits per heavy atom. The lowest BCUT2D eigenvalue weighted by Crippen LogP contribution is -2.29. The molecule has 0 bridgehead atoms. The van der Waals surface area contributed by atoms with Crippen LogP contribution in [0.1, 0.15) is 31.2 Å². The molecular formula is C27H30N6O. The number of nitrogens with one attached hydrogen (secondary N) is 3. The highest BCUT2D eigenvalue weighted by Gasteiger charge is 2.24. The van der Waals surface area contributed by atoms with Crippen molar-refractivity contribution in [3.8, 4) is 11.3 Å². The standard InChI is InChI=1S/C27H30N6O/c28-26(34)20-8-6-19(7-9-20)17-31-27-32-24(21-10-11-23-22(14-21)12-13-29-23)15-25(33-27)30-16-18-4-2-1-3-5-18/h1-5,10-15,19-20,29H,6-9,16-17H2,(H2,28,34)(H2,30,31,32,33). The van der Waals surface area contributed by atoms with E-state index in [2.05, 4.69) is 52.0 Å². The molecule has 2 aromatic heterocycles. The van der Waals surface area contributed by atoms with E-state index < -0.39 is 0 Å². The molecule has 0 saturated heterocycles. The van der Waals surface area contributed by atoms with Crippen molar-refractivity contribution in [1.29, 1.82) is 0 Å². The normalized spacial score (nSPS) is 18.0. The van der Waals surface area contributed by atoms with Crippen LogP contribution in [0.2, 0.25) is 0 Å². The molecule has 1 aliphatic rings. The average Bonchev–Trinajstić information content (AvgIpc) is 3.35. The van der Waals surface area contributed by atoms with Crippen LogP contribution in [0.5, 0.6) is 0 Å². The van der Waals surface area contributed by atoms with E-state index in [1.54, 1.807) is 0 Å². The maximum atomic E-state index is 11.5. The van der Waals surface area contributed by atoms with Crippen LogP contribution in [-0.2, 0) is 11.3 Å². The first-order valence-electron chi connectivity index (χ1n) is 11.9. The van der Waals surface area contributed by atoms with E-state index in [0.29, 0.717) is 18.4 Å². The third-order valence-electron chi connectivity index (χ3n) is 6.69. The largest absolute Gasteiger partial charge is 0.369 e. The van der Waals surface area contributed by atoms with Crippen molar-refractivity contribution >= 4 is 28.6 Å². The summed E-state index contributed by atoms with van der Waals surface area (Å²) >= 11 is 0. The molecule has 0 aliphatic heterocycles. The van der Waals surface area contributed by atoms with Gasteiger partial charge < -0.3 is 21.4 Å². The van der Waals surface area contributed by atoms with Crippen LogP contribution in [0.25, 0.3) is 22.2 Å². The van der Waals surface area contributed by atoms with Gasteiger partial charge in [0.15, 0.2) is 0 Å². The van der Waals surface area contributed by atoms with Gasteiger partial charge in [-0.1, -0.05) is 36.4 Å². The number of amides is 1. The number of H-pyrrole nitrogens is 1. The van der Waals surface area contributed by atoms with Crippen molar-refractivity contribution in [2.24, 2.45) is 17.6 Å². The summed E-state index contributed by atoms with van der Waals surface area (Å²) in [4.78, 5) is 24.3. The fourth-order valence-corrected chi connectivity index (χ4v) is 4.65. The van der Waals surface area contributed by atoms with Crippen LogP contribution in [0.15, 0.2) is 66.9 Å². The molecule has 0 atom stereocenters. The maximum absolute atomic E-state index is 11.5. The molecule has 1 aliphatic carbocycles. The third kappa shape index (κ3) is 5.20. The molecule has 7 heteroatoms. The molecule has 5 rings (SSSR count). The number of fused-ring (bicyclic) bond motifs is 1. The van der Waals surface area contributed by atoms with Gasteiger partial charge in [-0.05, 0) is 55.4 Å². The number of hydrogen-bond donors (Lipinski definition) is 4. The minimum atomic E-state index is -0.170. The summed E-state index contributed by atoms with van der Waals surface area (Å²) in [7, 11) is 0. The third-order valence-corrected chi connectivity index (χ3v) is 6.69. The van der Waals surface area contributed by atoms with Gasteiger partial charge in [-0.25, -0.2) is 4.98 Å². The number of primary amides is 1. The molecule has 1 saturated carbocycles. The highest BCUT2D eigenvalue weighted by molar-refractivity contribution is 5.84. The second-order valence-corrected chi connectivity index (χ2v) is 9.08. The molecule has 1 amide bonds. The Morgan fingerprint density at radius 3 is 2.59 bits per heavy atom. The summed E-state index contributed by atoms with van der Waals surface area (Å²) in [6, 6.07) is 20.6. The molecule has 4 aromatic rings. The summed E-state index contributed by atoms with van der Waals surface area (Å²) < 4.78 is 0. The van der Waals surface area contributed by atoms with Crippen molar-refractivity contribution in [3.05, 3.63) is 72.4 Å². The number of rotatable bonds is 8. The lowest BCUT2D eigenvalue weighted by molar-refractivity contribution is -0.122. The topological polar surface area (TPSA) is 109 Å². The highest BCUT2D eigenvalue weighted by Crippen LogP contribution is 2.29. The number of aromatic nitrogens is 3. The van der Waals surface area contributed by atoms with Gasteiger partial charge in [0.1, 0.15) is 5.82 Å². The molecule has 0 radical (unpaired) electrons. The molecule has 2 aromatic carbocycles. The van der Waals surface area contributed by atoms with Gasteiger partial charge >= 0.3 is 0 Å². The van der Waals surface area contributed by atoms with Gasteiger partial charge in [0.05, 0.1) is 5.69 Å². The van der Waals surface area contributed by atoms with Gasteiger partial charge in [0, 0.05) is 47.7 Å². The zero-order valence-corrected chi connectivity index (χ0v) is 19.1. The number of aromatic amines is 1. The van der Waals surface area contributed by atoms with E-state index in [0.717, 1.165) is 60.2 Å². The zero-order chi connectivity index (χ0) is 23.3. The van der Waals surface area contributed by atoms with E-state index in [4.69, 9.17) is 15.7 Å². The predicted molar refractivity (Wildman–Crippen MR) is 136 cm³/mol. The molecule has 5 N–H and O–H groups in total. The highest BCUT2D eigenvalue weighted by atomic mass is 16.1. The summed E-state index contributed by atoms with van der Waals surface area (Å²) in [5.41, 5.74) is 9.69. The van der Waals surface area contributed by atoms with Gasteiger partial charge in [0.25, 0.3) is 0 Å². The second kappa shape index (κ2) is 9.95. The van der Waals surface area contributed by atoms with Crippen molar-refractivity contribution in [2.45, 2.75) is 32.2 Å². The van der Waals surface area contributed by atoms with Crippen molar-refractivity contribution < 1.29 is 4.79 Å². The van der Waals surface area contributed by atoms with Crippen LogP contribution in [0.3, 0.4) is 0 Å². The number of carbonyl (C=O) groups is 1. The number of nitrogens with two attached hydrogens (primary N) is 1. The minimum Gasteiger partial charge on any atom is -0.369 e. The van der Waals surface area contributed by atoms with Gasteiger partial charge in [-0.2, -0.15) is 4.98 Å². The second-order valence-electron chi connectivity index (χ2n) is 9.08. The summed E-state index contributed by atoms with van der Waals surface area (Å²) in [5.74, 6) is 1.73. The average molecular weight is 455 g/mol. The van der Waals surface area contributed by atoms with Crippen LogP contribution in [0, 0.1) is 11.8 Å². The predicted octanol–water partition coefficient (Wildman–Crippen LogP) is 4.94. The Labute approximate surface area is 199 Å². The van der Waals surface area contributed by atoms with Gasteiger partial charge in [0.2, 0.25) is 11.9 Å². The number of nitrogens with zero attached hydrogens (tertiary/aromatic N) is 2. The summed E-state index contributed by atoms with van der Waals surface area (Å²) in [6.45, 7) is 1.47. The fraction of sp³-hybridized carbons (Fsp3) is 0.296. The Bertz CT molecular complexity index is 1260. The van der Waals surface area contributed by atoms with E-state index in [9.17, 15) is 4.79 Å². The molecule has 7 nitrogen and oxygen atoms in total. The molecular weight excluding hydrogens is 424 g/mol. The maximum Gasteiger partial charge on any atom is 0.225 e. The van der Waals surface area contributed by atoms with Crippen molar-refractivity contribution in [3.63, 3.8) is 0 Å². The quantitative estimate of drug-likeness (QED) is 0.301. The van der Waals surface area contributed by atoms with Gasteiger partial charge in [-0.15, -0.1) is 0 Å². The number of anilines is 2. The van der Waals surface area contributed by atoms with Crippen molar-refractivity contribution in [2.75, 3.05) is 17.2 Å². The number of hydrogen-bond acceptors (Lipinski definition) is 5. The van der Waals surface area contributed by atoms with Crippen LogP contribution >= 0.6 is 0 Å². The molecule has 174 valence electrons. The number of benzene rings is 2. The Hall–Kier alpha value is -3.87. The molecule has 1 fully saturated rings. The van der Waals surface area contributed by atoms with E-state index in [1.807, 2.05) is 30.5 Å². The zero-order valence-electron chi connectivity index (χ0n) is 19.1. The first-order valence-corrected chi connectivity index (χ1v) is 11.9. The lowest BCUT2D eigenvalue weighted by Gasteiger charge is -2.26. The fourth-order valence-electron chi connectivity index (χ4n) is 4.65. The van der Waals surface area contributed by atoms with Crippen LogP contribution < -0.4 is 16.4 Å². The summed E-state index contributed by atoms with van der Waals surface area (Å²) in [6.07, 6.45) is 5.65. The summed E-state index contributed by atoms with van der Waals surface area (Å²) in [5, 5.41) is 8.05.